The van der Waals surface area contributed by atoms with E-state index >= 15 is 0 Å². The first-order valence-corrected chi connectivity index (χ1v) is 9.33. The van der Waals surface area contributed by atoms with Gasteiger partial charge in [-0.2, -0.15) is 0 Å². The highest BCUT2D eigenvalue weighted by Crippen LogP contribution is 2.54. The second-order valence-corrected chi connectivity index (χ2v) is 8.85. The summed E-state index contributed by atoms with van der Waals surface area (Å²) in [5.74, 6) is -0.663. The summed E-state index contributed by atoms with van der Waals surface area (Å²) < 4.78 is 15.1. The van der Waals surface area contributed by atoms with Crippen LogP contribution in [0, 0.1) is 3.57 Å². The fraction of sp³-hybridized carbons (Fsp3) is 0.500. The summed E-state index contributed by atoms with van der Waals surface area (Å²) in [4.78, 5) is 30.3. The number of hydrogen-bond donors (Lipinski definition) is 1. The van der Waals surface area contributed by atoms with Crippen LogP contribution in [-0.2, 0) is 10.2 Å². The fourth-order valence-electron chi connectivity index (χ4n) is 3.90. The van der Waals surface area contributed by atoms with Crippen molar-refractivity contribution in [3.05, 3.63) is 32.9 Å². The van der Waals surface area contributed by atoms with Crippen LogP contribution in [-0.4, -0.2) is 52.4 Å². The van der Waals surface area contributed by atoms with E-state index in [1.807, 2.05) is 12.1 Å². The van der Waals surface area contributed by atoms with Crippen molar-refractivity contribution in [2.24, 2.45) is 4.99 Å². The SMILES string of the molecule is CC1(O)CC(=NC(=O)CN2C[C@@]3(C[C@@H]3F)c3cc(I)ccc3C2=O)C1. The van der Waals surface area contributed by atoms with Gasteiger partial charge in [-0.25, -0.2) is 9.38 Å². The predicted octanol–water partition coefficient (Wildman–Crippen LogP) is 2.24. The first-order valence-electron chi connectivity index (χ1n) is 8.25. The van der Waals surface area contributed by atoms with Crippen LogP contribution in [0.4, 0.5) is 4.39 Å². The molecule has 2 atom stereocenters. The molecule has 2 fully saturated rings. The van der Waals surface area contributed by atoms with Crippen molar-refractivity contribution >= 4 is 40.1 Å². The zero-order valence-corrected chi connectivity index (χ0v) is 15.9. The molecule has 5 nitrogen and oxygen atoms in total. The van der Waals surface area contributed by atoms with Crippen molar-refractivity contribution < 1.29 is 19.1 Å². The molecule has 1 aromatic rings. The van der Waals surface area contributed by atoms with E-state index in [1.54, 1.807) is 13.0 Å². The normalized spacial score (nSPS) is 33.1. The number of carbonyl (C=O) groups excluding carboxylic acids is 2. The molecule has 0 unspecified atom stereocenters. The fourth-order valence-corrected chi connectivity index (χ4v) is 4.39. The van der Waals surface area contributed by atoms with Gasteiger partial charge in [0.25, 0.3) is 11.8 Å². The zero-order chi connectivity index (χ0) is 18.0. The Morgan fingerprint density at radius 3 is 2.76 bits per heavy atom. The summed E-state index contributed by atoms with van der Waals surface area (Å²) in [6, 6.07) is 5.42. The molecular weight excluding hydrogens is 438 g/mol. The third-order valence-electron chi connectivity index (χ3n) is 5.27. The van der Waals surface area contributed by atoms with Crippen molar-refractivity contribution in [2.45, 2.75) is 43.4 Å². The van der Waals surface area contributed by atoms with Gasteiger partial charge in [-0.05, 0) is 59.7 Å². The topological polar surface area (TPSA) is 70.0 Å². The van der Waals surface area contributed by atoms with Crippen LogP contribution in [0.25, 0.3) is 0 Å². The minimum Gasteiger partial charge on any atom is -0.389 e. The van der Waals surface area contributed by atoms with Gasteiger partial charge < -0.3 is 10.0 Å². The standard InChI is InChI=1S/C18H18FIN2O3/c1-17(25)5-11(6-17)21-15(23)8-22-9-18(7-14(18)19)13-4-10(20)2-3-12(13)16(22)24/h2-4,14,25H,5-9H2,1H3/t14-,17?,18-/m0/s1. The second kappa shape index (κ2) is 5.57. The summed E-state index contributed by atoms with van der Waals surface area (Å²) in [5, 5.41) is 9.70. The molecule has 0 radical (unpaired) electrons. The lowest BCUT2D eigenvalue weighted by Gasteiger charge is -2.35. The van der Waals surface area contributed by atoms with Crippen LogP contribution in [0.5, 0.6) is 0 Å². The number of amides is 2. The second-order valence-electron chi connectivity index (χ2n) is 7.60. The van der Waals surface area contributed by atoms with Gasteiger partial charge in [-0.1, -0.05) is 0 Å². The van der Waals surface area contributed by atoms with Gasteiger partial charge in [0.1, 0.15) is 12.7 Å². The summed E-state index contributed by atoms with van der Waals surface area (Å²) in [7, 11) is 0. The van der Waals surface area contributed by atoms with Gasteiger partial charge in [0.05, 0.1) is 5.60 Å². The quantitative estimate of drug-likeness (QED) is 0.695. The maximum absolute atomic E-state index is 14.2. The molecule has 2 saturated carbocycles. The van der Waals surface area contributed by atoms with Crippen molar-refractivity contribution in [1.29, 1.82) is 0 Å². The number of aliphatic imine (C=N–C) groups is 1. The molecule has 3 aliphatic rings. The molecule has 1 N–H and O–H groups in total. The first kappa shape index (κ1) is 17.1. The Labute approximate surface area is 158 Å². The monoisotopic (exact) mass is 456 g/mol. The van der Waals surface area contributed by atoms with Crippen molar-refractivity contribution in [2.75, 3.05) is 13.1 Å². The van der Waals surface area contributed by atoms with E-state index in [2.05, 4.69) is 27.6 Å². The minimum absolute atomic E-state index is 0.148. The van der Waals surface area contributed by atoms with Crippen molar-refractivity contribution in [1.82, 2.24) is 4.90 Å². The molecule has 0 saturated heterocycles. The van der Waals surface area contributed by atoms with Crippen molar-refractivity contribution in [3.8, 4) is 0 Å². The summed E-state index contributed by atoms with van der Waals surface area (Å²) in [5.41, 5.74) is 0.452. The van der Waals surface area contributed by atoms with E-state index in [9.17, 15) is 19.1 Å². The van der Waals surface area contributed by atoms with Crippen molar-refractivity contribution in [3.63, 3.8) is 0 Å². The minimum atomic E-state index is -0.983. The van der Waals surface area contributed by atoms with E-state index in [0.717, 1.165) is 9.13 Å². The number of fused-ring (bicyclic) bond motifs is 2. The van der Waals surface area contributed by atoms with Gasteiger partial charge in [0.2, 0.25) is 0 Å². The smallest absolute Gasteiger partial charge is 0.265 e. The summed E-state index contributed by atoms with van der Waals surface area (Å²) in [6.07, 6.45) is 0.160. The molecule has 1 aromatic carbocycles. The zero-order valence-electron chi connectivity index (χ0n) is 13.8. The molecule has 2 aliphatic carbocycles. The Bertz CT molecular complexity index is 813. The number of hydrogen-bond acceptors (Lipinski definition) is 3. The lowest BCUT2D eigenvalue weighted by atomic mass is 9.80. The van der Waals surface area contributed by atoms with E-state index < -0.39 is 23.1 Å². The summed E-state index contributed by atoms with van der Waals surface area (Å²) >= 11 is 2.16. The number of aliphatic hydroxyl groups is 1. The number of benzene rings is 1. The Morgan fingerprint density at radius 2 is 2.16 bits per heavy atom. The number of rotatable bonds is 2. The lowest BCUT2D eigenvalue weighted by molar-refractivity contribution is -0.118. The maximum Gasteiger partial charge on any atom is 0.265 e. The van der Waals surface area contributed by atoms with Gasteiger partial charge >= 0.3 is 0 Å². The molecular formula is C18H18FIN2O3. The number of nitrogens with zero attached hydrogens (tertiary/aromatic N) is 2. The van der Waals surface area contributed by atoms with Gasteiger partial charge in [0, 0.05) is 39.6 Å². The molecule has 4 rings (SSSR count). The van der Waals surface area contributed by atoms with Crippen LogP contribution < -0.4 is 0 Å². The van der Waals surface area contributed by atoms with Crippen LogP contribution >= 0.6 is 22.6 Å². The predicted molar refractivity (Wildman–Crippen MR) is 98.6 cm³/mol. The van der Waals surface area contributed by atoms with Crippen LogP contribution in [0.15, 0.2) is 23.2 Å². The molecule has 1 heterocycles. The molecule has 1 aliphatic heterocycles. The average Bonchev–Trinajstić information content (AvgIpc) is 3.13. The largest absolute Gasteiger partial charge is 0.389 e. The lowest BCUT2D eigenvalue weighted by Crippen LogP contribution is -2.47. The third kappa shape index (κ3) is 2.91. The Kier molecular flexibility index (Phi) is 3.81. The maximum atomic E-state index is 14.2. The number of alkyl halides is 1. The van der Waals surface area contributed by atoms with Gasteiger partial charge in [-0.3, -0.25) is 9.59 Å². The third-order valence-corrected chi connectivity index (χ3v) is 5.94. The van der Waals surface area contributed by atoms with Crippen LogP contribution in [0.2, 0.25) is 0 Å². The molecule has 132 valence electrons. The molecule has 0 aromatic heterocycles. The average molecular weight is 456 g/mol. The van der Waals surface area contributed by atoms with Gasteiger partial charge in [-0.15, -0.1) is 0 Å². The molecule has 7 heteroatoms. The highest BCUT2D eigenvalue weighted by Gasteiger charge is 2.61. The molecule has 2 amide bonds. The highest BCUT2D eigenvalue weighted by molar-refractivity contribution is 14.1. The number of halogens is 2. The summed E-state index contributed by atoms with van der Waals surface area (Å²) in [6.45, 7) is 1.76. The molecule has 1 spiro atoms. The van der Waals surface area contributed by atoms with Gasteiger partial charge in [0.15, 0.2) is 0 Å². The highest BCUT2D eigenvalue weighted by atomic mass is 127. The van der Waals surface area contributed by atoms with E-state index in [0.29, 0.717) is 30.5 Å². The Morgan fingerprint density at radius 1 is 1.48 bits per heavy atom. The Balaban J connectivity index is 1.55. The molecule has 25 heavy (non-hydrogen) atoms. The van der Waals surface area contributed by atoms with E-state index in [1.165, 1.54) is 4.90 Å². The van der Waals surface area contributed by atoms with E-state index in [4.69, 9.17) is 0 Å². The first-order chi connectivity index (χ1) is 11.7. The van der Waals surface area contributed by atoms with Crippen LogP contribution in [0.3, 0.4) is 0 Å². The van der Waals surface area contributed by atoms with Crippen LogP contribution in [0.1, 0.15) is 42.1 Å². The Hall–Kier alpha value is -1.35. The van der Waals surface area contributed by atoms with E-state index in [-0.39, 0.29) is 19.0 Å². The number of carbonyl (C=O) groups is 2. The molecule has 0 bridgehead atoms.